The molecule has 198 valence electrons. The zero-order chi connectivity index (χ0) is 26.6. The monoisotopic (exact) mass is 523 g/mol. The lowest BCUT2D eigenvalue weighted by Gasteiger charge is -2.44. The summed E-state index contributed by atoms with van der Waals surface area (Å²) in [6, 6.07) is 11.1. The van der Waals surface area contributed by atoms with Crippen molar-refractivity contribution in [2.75, 3.05) is 19.7 Å². The van der Waals surface area contributed by atoms with Crippen molar-refractivity contribution in [3.05, 3.63) is 59.4 Å². The number of hydrogen-bond acceptors (Lipinski definition) is 8. The number of nitrogens with zero attached hydrogens (tertiary/aromatic N) is 6. The molecule has 1 amide bonds. The molecule has 10 heteroatoms. The molecule has 1 saturated carbocycles. The molecule has 2 aromatic heterocycles. The third-order valence-corrected chi connectivity index (χ3v) is 8.01. The lowest BCUT2D eigenvalue weighted by Crippen LogP contribution is -2.52. The maximum atomic E-state index is 13.7. The van der Waals surface area contributed by atoms with Gasteiger partial charge in [0.1, 0.15) is 17.1 Å². The van der Waals surface area contributed by atoms with Crippen LogP contribution >= 0.6 is 0 Å². The lowest BCUT2D eigenvalue weighted by atomic mass is 9.82. The van der Waals surface area contributed by atoms with E-state index < -0.39 is 5.60 Å². The van der Waals surface area contributed by atoms with Gasteiger partial charge in [-0.3, -0.25) is 24.9 Å². The van der Waals surface area contributed by atoms with Gasteiger partial charge in [0.05, 0.1) is 24.3 Å². The van der Waals surface area contributed by atoms with Crippen LogP contribution in [0.1, 0.15) is 71.4 Å². The fraction of sp³-hybridized carbons (Fsp3) is 0.379. The third kappa shape index (κ3) is 4.20. The molecule has 2 aliphatic heterocycles. The van der Waals surface area contributed by atoms with E-state index >= 15 is 0 Å². The summed E-state index contributed by atoms with van der Waals surface area (Å²) in [7, 11) is 0. The van der Waals surface area contributed by atoms with Crippen molar-refractivity contribution >= 4 is 22.5 Å². The number of aromatic nitrogens is 5. The largest absolute Gasteiger partial charge is 0.493 e. The number of piperidine rings is 1. The Morgan fingerprint density at radius 2 is 2.00 bits per heavy atom. The van der Waals surface area contributed by atoms with Crippen molar-refractivity contribution in [1.29, 1.82) is 0 Å². The molecule has 0 bridgehead atoms. The zero-order valence-corrected chi connectivity index (χ0v) is 21.6. The first kappa shape index (κ1) is 23.8. The molecule has 0 atom stereocenters. The van der Waals surface area contributed by atoms with E-state index in [1.165, 1.54) is 0 Å². The van der Waals surface area contributed by atoms with E-state index in [4.69, 9.17) is 9.47 Å². The van der Waals surface area contributed by atoms with Crippen LogP contribution in [0.2, 0.25) is 0 Å². The van der Waals surface area contributed by atoms with Gasteiger partial charge in [0.15, 0.2) is 5.78 Å². The molecule has 39 heavy (non-hydrogen) atoms. The number of likely N-dealkylation sites (tertiary alicyclic amines) is 1. The van der Waals surface area contributed by atoms with Crippen LogP contribution in [0.3, 0.4) is 0 Å². The van der Waals surface area contributed by atoms with Gasteiger partial charge in [0.2, 0.25) is 0 Å². The second kappa shape index (κ2) is 9.14. The van der Waals surface area contributed by atoms with Gasteiger partial charge in [-0.25, -0.2) is 0 Å². The number of rotatable bonds is 5. The van der Waals surface area contributed by atoms with Crippen LogP contribution in [0.4, 0.5) is 0 Å². The summed E-state index contributed by atoms with van der Waals surface area (Å²) < 4.78 is 12.4. The molecular formula is C29H27N6O4-. The van der Waals surface area contributed by atoms with Crippen molar-refractivity contribution in [2.24, 2.45) is 0 Å². The molecule has 1 spiro atoms. The topological polar surface area (TPSA) is 122 Å². The standard InChI is InChI=1S/C29H27N6O4/c1-2-38-25-15-19(14-21-20(25)7-10-30-26(21)17-3-4-17)28(37)35-11-8-29(9-12-35)16-23(36)22-13-18(5-6-24(22)39-29)27-31-33-34-32-27/h5-7,10,13-15,17H,2-4,8-9,11-12,16H2,1H3/q-1. The van der Waals surface area contributed by atoms with Gasteiger partial charge in [-0.2, -0.15) is 5.21 Å². The quantitative estimate of drug-likeness (QED) is 0.383. The summed E-state index contributed by atoms with van der Waals surface area (Å²) in [6.45, 7) is 3.47. The number of ketones is 1. The van der Waals surface area contributed by atoms with Crippen LogP contribution in [0.15, 0.2) is 42.6 Å². The summed E-state index contributed by atoms with van der Waals surface area (Å²) in [5.41, 5.74) is 2.23. The first-order chi connectivity index (χ1) is 19.0. The van der Waals surface area contributed by atoms with Crippen LogP contribution in [0.5, 0.6) is 11.5 Å². The fourth-order valence-electron chi connectivity index (χ4n) is 5.82. The van der Waals surface area contributed by atoms with E-state index in [2.05, 4.69) is 25.6 Å². The number of benzene rings is 2. The molecule has 7 rings (SSSR count). The van der Waals surface area contributed by atoms with E-state index in [9.17, 15) is 9.59 Å². The van der Waals surface area contributed by atoms with E-state index in [0.29, 0.717) is 72.5 Å². The van der Waals surface area contributed by atoms with Crippen LogP contribution < -0.4 is 14.6 Å². The normalized spacial score (nSPS) is 18.2. The number of hydrogen-bond donors (Lipinski definition) is 0. The number of pyridine rings is 1. The maximum Gasteiger partial charge on any atom is 0.254 e. The molecule has 2 fully saturated rings. The SMILES string of the molecule is CCOc1cc(C(=O)N2CCC3(CC2)CC(=O)c2cc(-c4nnn[n-]4)ccc2O3)cc2c(C3CC3)nccc12. The Morgan fingerprint density at radius 3 is 2.74 bits per heavy atom. The first-order valence-electron chi connectivity index (χ1n) is 13.4. The Morgan fingerprint density at radius 1 is 1.15 bits per heavy atom. The molecule has 0 unspecified atom stereocenters. The van der Waals surface area contributed by atoms with Crippen molar-refractivity contribution in [3.8, 4) is 22.9 Å². The van der Waals surface area contributed by atoms with Gasteiger partial charge < -0.3 is 19.5 Å². The zero-order valence-electron chi connectivity index (χ0n) is 21.6. The molecule has 1 saturated heterocycles. The number of fused-ring (bicyclic) bond motifs is 2. The highest BCUT2D eigenvalue weighted by Crippen LogP contribution is 2.44. The van der Waals surface area contributed by atoms with E-state index in [1.807, 2.05) is 42.3 Å². The second-order valence-electron chi connectivity index (χ2n) is 10.6. The molecule has 2 aromatic carbocycles. The van der Waals surface area contributed by atoms with Gasteiger partial charge in [-0.1, -0.05) is 6.07 Å². The number of carbonyl (C=O) groups excluding carboxylic acids is 2. The number of tetrazole rings is 1. The third-order valence-electron chi connectivity index (χ3n) is 8.01. The van der Waals surface area contributed by atoms with Crippen LogP contribution in [-0.2, 0) is 0 Å². The molecule has 4 heterocycles. The van der Waals surface area contributed by atoms with Gasteiger partial charge in [0, 0.05) is 60.2 Å². The predicted molar refractivity (Wildman–Crippen MR) is 141 cm³/mol. The lowest BCUT2D eigenvalue weighted by molar-refractivity contribution is -0.00570. The van der Waals surface area contributed by atoms with Crippen LogP contribution in [0, 0.1) is 0 Å². The summed E-state index contributed by atoms with van der Waals surface area (Å²) in [5.74, 6) is 2.07. The molecule has 0 radical (unpaired) electrons. The molecule has 10 nitrogen and oxygen atoms in total. The van der Waals surface area contributed by atoms with Gasteiger partial charge in [-0.05, 0) is 55.7 Å². The Kier molecular flexibility index (Phi) is 5.57. The highest BCUT2D eigenvalue weighted by Gasteiger charge is 2.44. The maximum absolute atomic E-state index is 13.7. The highest BCUT2D eigenvalue weighted by molar-refractivity contribution is 6.02. The predicted octanol–water partition coefficient (Wildman–Crippen LogP) is 3.96. The Bertz CT molecular complexity index is 1590. The number of Topliss-reactive ketones (excluding diaryl/α,β-unsaturated/α-hetero) is 1. The smallest absolute Gasteiger partial charge is 0.254 e. The Balaban J connectivity index is 1.11. The first-order valence-corrected chi connectivity index (χ1v) is 13.4. The van der Waals surface area contributed by atoms with Crippen molar-refractivity contribution in [2.45, 2.75) is 50.5 Å². The summed E-state index contributed by atoms with van der Waals surface area (Å²) in [5, 5.41) is 16.8. The summed E-state index contributed by atoms with van der Waals surface area (Å²) in [4.78, 5) is 33.4. The van der Waals surface area contributed by atoms with Gasteiger partial charge in [-0.15, -0.1) is 0 Å². The van der Waals surface area contributed by atoms with E-state index in [0.717, 1.165) is 29.3 Å². The van der Waals surface area contributed by atoms with Crippen molar-refractivity contribution in [3.63, 3.8) is 0 Å². The van der Waals surface area contributed by atoms with E-state index in [-0.39, 0.29) is 18.1 Å². The van der Waals surface area contributed by atoms with Crippen LogP contribution in [-0.4, -0.2) is 62.4 Å². The Hall–Kier alpha value is -4.34. The highest BCUT2D eigenvalue weighted by atomic mass is 16.5. The minimum atomic E-state index is -0.620. The minimum absolute atomic E-state index is 0.0151. The second-order valence-corrected chi connectivity index (χ2v) is 10.6. The van der Waals surface area contributed by atoms with E-state index in [1.54, 1.807) is 12.1 Å². The molecule has 4 aromatic rings. The Labute approximate surface area is 224 Å². The van der Waals surface area contributed by atoms with Gasteiger partial charge in [0.25, 0.3) is 5.91 Å². The fourth-order valence-corrected chi connectivity index (χ4v) is 5.82. The van der Waals surface area contributed by atoms with Crippen molar-refractivity contribution < 1.29 is 19.1 Å². The van der Waals surface area contributed by atoms with Crippen LogP contribution in [0.25, 0.3) is 22.2 Å². The average Bonchev–Trinajstić information content (AvgIpc) is 3.65. The number of carbonyl (C=O) groups is 2. The summed E-state index contributed by atoms with van der Waals surface area (Å²) >= 11 is 0. The molecule has 1 aliphatic carbocycles. The van der Waals surface area contributed by atoms with Gasteiger partial charge >= 0.3 is 0 Å². The van der Waals surface area contributed by atoms with Crippen molar-refractivity contribution in [1.82, 2.24) is 30.5 Å². The minimum Gasteiger partial charge on any atom is -0.493 e. The molecule has 0 N–H and O–H groups in total. The number of ether oxygens (including phenoxy) is 2. The summed E-state index contributed by atoms with van der Waals surface area (Å²) in [6.07, 6.45) is 5.50. The number of amides is 1. The molecular weight excluding hydrogens is 496 g/mol. The molecule has 3 aliphatic rings. The average molecular weight is 524 g/mol.